The summed E-state index contributed by atoms with van der Waals surface area (Å²) in [5, 5.41) is 2.77. The van der Waals surface area contributed by atoms with Crippen LogP contribution in [0.1, 0.15) is 19.5 Å². The van der Waals surface area contributed by atoms with E-state index in [1.165, 1.54) is 0 Å². The molecule has 0 saturated carbocycles. The van der Waals surface area contributed by atoms with E-state index in [1.54, 1.807) is 6.20 Å². The molecule has 0 aromatic carbocycles. The summed E-state index contributed by atoms with van der Waals surface area (Å²) >= 11 is 0. The highest BCUT2D eigenvalue weighted by Crippen LogP contribution is 2.09. The molecule has 4 nitrogen and oxygen atoms in total. The fraction of sp³-hybridized carbons (Fsp3) is 0.455. The van der Waals surface area contributed by atoms with Crippen molar-refractivity contribution in [2.45, 2.75) is 26.8 Å². The van der Waals surface area contributed by atoms with Crippen LogP contribution >= 0.6 is 12.4 Å². The van der Waals surface area contributed by atoms with E-state index in [9.17, 15) is 4.79 Å². The Labute approximate surface area is 102 Å². The first-order valence-electron chi connectivity index (χ1n) is 5.00. The van der Waals surface area contributed by atoms with E-state index in [2.05, 4.69) is 10.3 Å². The molecule has 1 heterocycles. The Kier molecular flexibility index (Phi) is 6.00. The van der Waals surface area contributed by atoms with Crippen LogP contribution in [-0.2, 0) is 4.79 Å². The fourth-order valence-electron chi connectivity index (χ4n) is 1.04. The molecule has 2 atom stereocenters. The van der Waals surface area contributed by atoms with Gasteiger partial charge in [-0.1, -0.05) is 6.92 Å². The molecule has 1 aromatic rings. The van der Waals surface area contributed by atoms with Crippen molar-refractivity contribution in [3.8, 4) is 0 Å². The predicted octanol–water partition coefficient (Wildman–Crippen LogP) is 1.73. The first-order chi connectivity index (χ1) is 7.00. The number of aryl methyl sites for hydroxylation is 1. The molecule has 0 aliphatic carbocycles. The summed E-state index contributed by atoms with van der Waals surface area (Å²) in [7, 11) is 0. The molecule has 0 aliphatic heterocycles. The van der Waals surface area contributed by atoms with E-state index in [1.807, 2.05) is 32.9 Å². The summed E-state index contributed by atoms with van der Waals surface area (Å²) in [6.45, 7) is 5.52. The van der Waals surface area contributed by atoms with Gasteiger partial charge in [0.1, 0.15) is 0 Å². The molecule has 5 heteroatoms. The Morgan fingerprint density at radius 3 is 2.50 bits per heavy atom. The summed E-state index contributed by atoms with van der Waals surface area (Å²) in [6, 6.07) is 3.53. The van der Waals surface area contributed by atoms with Crippen LogP contribution in [0.5, 0.6) is 0 Å². The van der Waals surface area contributed by atoms with Crippen LogP contribution in [0, 0.1) is 12.8 Å². The van der Waals surface area contributed by atoms with Crippen LogP contribution < -0.4 is 11.1 Å². The minimum Gasteiger partial charge on any atom is -0.327 e. The zero-order valence-corrected chi connectivity index (χ0v) is 10.5. The maximum absolute atomic E-state index is 11.6. The van der Waals surface area contributed by atoms with Crippen molar-refractivity contribution in [3.05, 3.63) is 24.0 Å². The van der Waals surface area contributed by atoms with Gasteiger partial charge in [0.2, 0.25) is 5.91 Å². The van der Waals surface area contributed by atoms with Gasteiger partial charge >= 0.3 is 0 Å². The van der Waals surface area contributed by atoms with Crippen LogP contribution in [0.15, 0.2) is 18.3 Å². The molecule has 3 N–H and O–H groups in total. The van der Waals surface area contributed by atoms with Gasteiger partial charge in [0, 0.05) is 11.7 Å². The van der Waals surface area contributed by atoms with Crippen molar-refractivity contribution >= 4 is 24.0 Å². The zero-order valence-electron chi connectivity index (χ0n) is 9.73. The van der Waals surface area contributed by atoms with E-state index < -0.39 is 0 Å². The molecule has 0 aliphatic rings. The highest BCUT2D eigenvalue weighted by Gasteiger charge is 2.16. The molecule has 0 bridgehead atoms. The molecular weight excluding hydrogens is 226 g/mol. The van der Waals surface area contributed by atoms with Crippen LogP contribution in [0.4, 0.5) is 5.69 Å². The quantitative estimate of drug-likeness (QED) is 0.850. The van der Waals surface area contributed by atoms with Crippen LogP contribution in [0.25, 0.3) is 0 Å². The third-order valence-electron chi connectivity index (χ3n) is 2.38. The molecule has 90 valence electrons. The van der Waals surface area contributed by atoms with E-state index in [-0.39, 0.29) is 30.3 Å². The molecule has 0 radical (unpaired) electrons. The number of hydrogen-bond donors (Lipinski definition) is 2. The minimum atomic E-state index is -0.202. The van der Waals surface area contributed by atoms with Crippen molar-refractivity contribution in [1.29, 1.82) is 0 Å². The summed E-state index contributed by atoms with van der Waals surface area (Å²) in [5.74, 6) is -0.276. The first kappa shape index (κ1) is 14.9. The molecular formula is C11H18ClN3O. The number of carbonyl (C=O) groups is 1. The highest BCUT2D eigenvalue weighted by molar-refractivity contribution is 5.92. The molecule has 1 aromatic heterocycles. The molecule has 2 unspecified atom stereocenters. The Bertz CT molecular complexity index is 338. The summed E-state index contributed by atoms with van der Waals surface area (Å²) in [4.78, 5) is 15.7. The second kappa shape index (κ2) is 6.45. The van der Waals surface area contributed by atoms with Gasteiger partial charge in [0.25, 0.3) is 0 Å². The van der Waals surface area contributed by atoms with Crippen molar-refractivity contribution in [2.24, 2.45) is 11.7 Å². The number of carbonyl (C=O) groups excluding carboxylic acids is 1. The maximum atomic E-state index is 11.6. The number of nitrogens with one attached hydrogen (secondary N) is 1. The Morgan fingerprint density at radius 2 is 2.06 bits per heavy atom. The van der Waals surface area contributed by atoms with Crippen molar-refractivity contribution in [3.63, 3.8) is 0 Å². The third kappa shape index (κ3) is 4.16. The Balaban J connectivity index is 0.00000225. The van der Waals surface area contributed by atoms with Gasteiger partial charge in [-0.25, -0.2) is 0 Å². The van der Waals surface area contributed by atoms with Gasteiger partial charge in [-0.15, -0.1) is 12.4 Å². The van der Waals surface area contributed by atoms with Crippen LogP contribution in [-0.4, -0.2) is 16.9 Å². The number of anilines is 1. The summed E-state index contributed by atoms with van der Waals surface area (Å²) < 4.78 is 0. The second-order valence-corrected chi connectivity index (χ2v) is 3.83. The molecule has 16 heavy (non-hydrogen) atoms. The summed E-state index contributed by atoms with van der Waals surface area (Å²) in [6.07, 6.45) is 1.64. The van der Waals surface area contributed by atoms with Crippen LogP contribution in [0.3, 0.4) is 0 Å². The maximum Gasteiger partial charge on any atom is 0.228 e. The number of pyridine rings is 1. The SMILES string of the molecule is Cc1ccc(NC(=O)C(C)C(C)N)cn1.Cl. The average molecular weight is 244 g/mol. The number of halogens is 1. The van der Waals surface area contributed by atoms with Crippen molar-refractivity contribution in [2.75, 3.05) is 5.32 Å². The fourth-order valence-corrected chi connectivity index (χ4v) is 1.04. The zero-order chi connectivity index (χ0) is 11.4. The molecule has 0 saturated heterocycles. The predicted molar refractivity (Wildman–Crippen MR) is 67.7 cm³/mol. The monoisotopic (exact) mass is 243 g/mol. The van der Waals surface area contributed by atoms with Crippen molar-refractivity contribution < 1.29 is 4.79 Å². The molecule has 0 spiro atoms. The highest BCUT2D eigenvalue weighted by atomic mass is 35.5. The average Bonchev–Trinajstić information content (AvgIpc) is 2.20. The second-order valence-electron chi connectivity index (χ2n) is 3.83. The molecule has 1 rings (SSSR count). The lowest BCUT2D eigenvalue weighted by Gasteiger charge is -2.15. The van der Waals surface area contributed by atoms with E-state index in [4.69, 9.17) is 5.73 Å². The minimum absolute atomic E-state index is 0. The molecule has 1 amide bonds. The van der Waals surface area contributed by atoms with Gasteiger partial charge < -0.3 is 11.1 Å². The van der Waals surface area contributed by atoms with Gasteiger partial charge in [-0.3, -0.25) is 9.78 Å². The Hall–Kier alpha value is -1.13. The van der Waals surface area contributed by atoms with Gasteiger partial charge in [-0.05, 0) is 26.0 Å². The Morgan fingerprint density at radius 1 is 1.44 bits per heavy atom. The van der Waals surface area contributed by atoms with E-state index >= 15 is 0 Å². The molecule has 0 fully saturated rings. The topological polar surface area (TPSA) is 68.0 Å². The number of nitrogens with zero attached hydrogens (tertiary/aromatic N) is 1. The summed E-state index contributed by atoms with van der Waals surface area (Å²) in [5.41, 5.74) is 7.27. The smallest absolute Gasteiger partial charge is 0.228 e. The van der Waals surface area contributed by atoms with Gasteiger partial charge in [0.05, 0.1) is 17.8 Å². The van der Waals surface area contributed by atoms with E-state index in [0.717, 1.165) is 5.69 Å². The largest absolute Gasteiger partial charge is 0.327 e. The standard InChI is InChI=1S/C11H17N3O.ClH/c1-7-4-5-10(6-13-7)14-11(15)8(2)9(3)12;/h4-6,8-9H,12H2,1-3H3,(H,14,15);1H. The van der Waals surface area contributed by atoms with E-state index in [0.29, 0.717) is 5.69 Å². The lowest BCUT2D eigenvalue weighted by Crippen LogP contribution is -2.34. The van der Waals surface area contributed by atoms with Gasteiger partial charge in [0.15, 0.2) is 0 Å². The lowest BCUT2D eigenvalue weighted by molar-refractivity contribution is -0.119. The number of rotatable bonds is 3. The number of amides is 1. The first-order valence-corrected chi connectivity index (χ1v) is 5.00. The number of nitrogens with two attached hydrogens (primary N) is 1. The lowest BCUT2D eigenvalue weighted by atomic mass is 10.0. The van der Waals surface area contributed by atoms with Crippen LogP contribution in [0.2, 0.25) is 0 Å². The number of hydrogen-bond acceptors (Lipinski definition) is 3. The third-order valence-corrected chi connectivity index (χ3v) is 2.38. The normalized spacial score (nSPS) is 13.5. The van der Waals surface area contributed by atoms with Crippen molar-refractivity contribution in [1.82, 2.24) is 4.98 Å². The number of aromatic nitrogens is 1. The van der Waals surface area contributed by atoms with Gasteiger partial charge in [-0.2, -0.15) is 0 Å².